The molecule has 0 bridgehead atoms. The first-order chi connectivity index (χ1) is 9.08. The maximum atomic E-state index is 13.7. The second kappa shape index (κ2) is 5.99. The number of nitrogens with one attached hydrogen (secondary N) is 1. The van der Waals surface area contributed by atoms with Gasteiger partial charge in [-0.2, -0.15) is 0 Å². The molecule has 5 heteroatoms. The van der Waals surface area contributed by atoms with Crippen LogP contribution in [0.25, 0.3) is 0 Å². The number of carbonyl (C=O) groups excluding carboxylic acids is 1. The zero-order chi connectivity index (χ0) is 13.8. The first-order valence-corrected chi connectivity index (χ1v) is 6.78. The zero-order valence-corrected chi connectivity index (χ0v) is 11.2. The number of amides is 1. The summed E-state index contributed by atoms with van der Waals surface area (Å²) in [4.78, 5) is 15.7. The standard InChI is InChI=1S/C14H20FN3O/c1-9-3-2-4-10(6-5-9)18-14(19)11-7-8-17-13(16)12(11)15/h7-10H,2-6H2,1H3,(H2,16,17)(H,18,19). The number of hydrogen-bond donors (Lipinski definition) is 2. The van der Waals surface area contributed by atoms with Gasteiger partial charge in [-0.15, -0.1) is 0 Å². The van der Waals surface area contributed by atoms with Gasteiger partial charge in [0.25, 0.3) is 5.91 Å². The van der Waals surface area contributed by atoms with E-state index in [-0.39, 0.29) is 17.4 Å². The smallest absolute Gasteiger partial charge is 0.254 e. The summed E-state index contributed by atoms with van der Waals surface area (Å²) < 4.78 is 13.7. The Hall–Kier alpha value is -1.65. The molecule has 2 unspecified atom stereocenters. The zero-order valence-electron chi connectivity index (χ0n) is 11.2. The van der Waals surface area contributed by atoms with E-state index in [2.05, 4.69) is 17.2 Å². The topological polar surface area (TPSA) is 68.0 Å². The Morgan fingerprint density at radius 1 is 1.42 bits per heavy atom. The van der Waals surface area contributed by atoms with E-state index in [0.717, 1.165) is 25.7 Å². The molecule has 19 heavy (non-hydrogen) atoms. The third-order valence-electron chi connectivity index (χ3n) is 3.75. The summed E-state index contributed by atoms with van der Waals surface area (Å²) in [5, 5.41) is 2.90. The van der Waals surface area contributed by atoms with Crippen molar-refractivity contribution in [3.8, 4) is 0 Å². The van der Waals surface area contributed by atoms with Crippen molar-refractivity contribution in [1.82, 2.24) is 10.3 Å². The van der Waals surface area contributed by atoms with Crippen LogP contribution in [0.1, 0.15) is 49.4 Å². The van der Waals surface area contributed by atoms with E-state index in [9.17, 15) is 9.18 Å². The number of anilines is 1. The lowest BCUT2D eigenvalue weighted by molar-refractivity contribution is 0.0929. The molecule has 1 aromatic heterocycles. The first-order valence-electron chi connectivity index (χ1n) is 6.78. The molecule has 0 aliphatic heterocycles. The molecule has 3 N–H and O–H groups in total. The fraction of sp³-hybridized carbons (Fsp3) is 0.571. The van der Waals surface area contributed by atoms with Crippen LogP contribution in [-0.4, -0.2) is 16.9 Å². The number of rotatable bonds is 2. The number of aromatic nitrogens is 1. The molecule has 0 aromatic carbocycles. The summed E-state index contributed by atoms with van der Waals surface area (Å²) in [6.45, 7) is 2.23. The van der Waals surface area contributed by atoms with Gasteiger partial charge in [-0.3, -0.25) is 4.79 Å². The Labute approximate surface area is 112 Å². The minimum atomic E-state index is -0.734. The fourth-order valence-corrected chi connectivity index (χ4v) is 2.53. The maximum absolute atomic E-state index is 13.7. The number of pyridine rings is 1. The average Bonchev–Trinajstić information content (AvgIpc) is 2.58. The summed E-state index contributed by atoms with van der Waals surface area (Å²) in [6.07, 6.45) is 6.66. The second-order valence-corrected chi connectivity index (χ2v) is 5.34. The monoisotopic (exact) mass is 265 g/mol. The molecule has 1 aromatic rings. The van der Waals surface area contributed by atoms with Crippen LogP contribution in [-0.2, 0) is 0 Å². The summed E-state index contributed by atoms with van der Waals surface area (Å²) in [6, 6.07) is 1.49. The number of nitrogens with zero attached hydrogens (tertiary/aromatic N) is 1. The predicted octanol–water partition coefficient (Wildman–Crippen LogP) is 2.50. The van der Waals surface area contributed by atoms with E-state index in [4.69, 9.17) is 5.73 Å². The average molecular weight is 265 g/mol. The van der Waals surface area contributed by atoms with Gasteiger partial charge in [0.15, 0.2) is 11.6 Å². The summed E-state index contributed by atoms with van der Waals surface area (Å²) >= 11 is 0. The molecule has 2 atom stereocenters. The molecule has 104 valence electrons. The Kier molecular flexibility index (Phi) is 4.35. The Morgan fingerprint density at radius 3 is 3.00 bits per heavy atom. The van der Waals surface area contributed by atoms with Gasteiger partial charge in [-0.1, -0.05) is 19.8 Å². The van der Waals surface area contributed by atoms with E-state index < -0.39 is 11.7 Å². The van der Waals surface area contributed by atoms with Gasteiger partial charge in [0.2, 0.25) is 0 Å². The highest BCUT2D eigenvalue weighted by molar-refractivity contribution is 5.95. The number of nitrogen functional groups attached to an aromatic ring is 1. The van der Waals surface area contributed by atoms with E-state index in [0.29, 0.717) is 5.92 Å². The summed E-state index contributed by atoms with van der Waals surface area (Å²) in [5.41, 5.74) is 5.35. The third-order valence-corrected chi connectivity index (χ3v) is 3.75. The van der Waals surface area contributed by atoms with Gasteiger partial charge in [0, 0.05) is 12.2 Å². The Balaban J connectivity index is 2.02. The molecule has 1 amide bonds. The van der Waals surface area contributed by atoms with Crippen LogP contribution >= 0.6 is 0 Å². The predicted molar refractivity (Wildman–Crippen MR) is 72.1 cm³/mol. The maximum Gasteiger partial charge on any atom is 0.254 e. The molecule has 1 heterocycles. The molecular weight excluding hydrogens is 245 g/mol. The lowest BCUT2D eigenvalue weighted by atomic mass is 10.0. The SMILES string of the molecule is CC1CCCC(NC(=O)c2ccnc(N)c2F)CC1. The van der Waals surface area contributed by atoms with Crippen molar-refractivity contribution in [3.05, 3.63) is 23.6 Å². The number of carbonyl (C=O) groups is 1. The van der Waals surface area contributed by atoms with Gasteiger partial charge >= 0.3 is 0 Å². The van der Waals surface area contributed by atoms with Crippen LogP contribution in [0.2, 0.25) is 0 Å². The van der Waals surface area contributed by atoms with Crippen LogP contribution < -0.4 is 11.1 Å². The van der Waals surface area contributed by atoms with Crippen molar-refractivity contribution in [2.24, 2.45) is 5.92 Å². The molecule has 0 saturated heterocycles. The molecule has 4 nitrogen and oxygen atoms in total. The molecule has 1 aliphatic rings. The van der Waals surface area contributed by atoms with Crippen molar-refractivity contribution in [2.45, 2.75) is 45.1 Å². The number of hydrogen-bond acceptors (Lipinski definition) is 3. The van der Waals surface area contributed by atoms with Gasteiger partial charge in [0.1, 0.15) is 0 Å². The van der Waals surface area contributed by atoms with E-state index >= 15 is 0 Å². The van der Waals surface area contributed by atoms with Crippen LogP contribution in [0.5, 0.6) is 0 Å². The molecule has 1 saturated carbocycles. The lowest BCUT2D eigenvalue weighted by Crippen LogP contribution is -2.35. The van der Waals surface area contributed by atoms with Crippen molar-refractivity contribution in [3.63, 3.8) is 0 Å². The van der Waals surface area contributed by atoms with Crippen molar-refractivity contribution >= 4 is 11.7 Å². The molecule has 0 spiro atoms. The second-order valence-electron chi connectivity index (χ2n) is 5.34. The summed E-state index contributed by atoms with van der Waals surface area (Å²) in [5.74, 6) is -0.662. The minimum absolute atomic E-state index is 0.0233. The van der Waals surface area contributed by atoms with Crippen LogP contribution in [0.4, 0.5) is 10.2 Å². The highest BCUT2D eigenvalue weighted by Crippen LogP contribution is 2.23. The lowest BCUT2D eigenvalue weighted by Gasteiger charge is -2.16. The molecule has 2 rings (SSSR count). The quantitative estimate of drug-likeness (QED) is 0.807. The van der Waals surface area contributed by atoms with E-state index in [1.165, 1.54) is 18.7 Å². The highest BCUT2D eigenvalue weighted by atomic mass is 19.1. The van der Waals surface area contributed by atoms with Crippen molar-refractivity contribution < 1.29 is 9.18 Å². The number of nitrogens with two attached hydrogens (primary N) is 1. The van der Waals surface area contributed by atoms with Crippen LogP contribution in [0.15, 0.2) is 12.3 Å². The first kappa shape index (κ1) is 13.8. The van der Waals surface area contributed by atoms with Gasteiger partial charge < -0.3 is 11.1 Å². The van der Waals surface area contributed by atoms with Crippen LogP contribution in [0, 0.1) is 11.7 Å². The van der Waals surface area contributed by atoms with Gasteiger partial charge in [0.05, 0.1) is 5.56 Å². The third kappa shape index (κ3) is 3.43. The van der Waals surface area contributed by atoms with Crippen LogP contribution in [0.3, 0.4) is 0 Å². The highest BCUT2D eigenvalue weighted by Gasteiger charge is 2.21. The largest absolute Gasteiger partial charge is 0.381 e. The molecule has 0 radical (unpaired) electrons. The molecule has 1 aliphatic carbocycles. The van der Waals surface area contributed by atoms with E-state index in [1.807, 2.05) is 0 Å². The van der Waals surface area contributed by atoms with Gasteiger partial charge in [-0.25, -0.2) is 9.37 Å². The molecular formula is C14H20FN3O. The minimum Gasteiger partial charge on any atom is -0.381 e. The Morgan fingerprint density at radius 2 is 2.21 bits per heavy atom. The normalized spacial score (nSPS) is 23.7. The van der Waals surface area contributed by atoms with Gasteiger partial charge in [-0.05, 0) is 31.2 Å². The van der Waals surface area contributed by atoms with E-state index in [1.54, 1.807) is 0 Å². The summed E-state index contributed by atoms with van der Waals surface area (Å²) in [7, 11) is 0. The molecule has 1 fully saturated rings. The fourth-order valence-electron chi connectivity index (χ4n) is 2.53. The Bertz CT molecular complexity index is 464. The number of halogens is 1. The van der Waals surface area contributed by atoms with Crippen molar-refractivity contribution in [1.29, 1.82) is 0 Å². The van der Waals surface area contributed by atoms with Crippen molar-refractivity contribution in [2.75, 3.05) is 5.73 Å².